The fraction of sp³-hybridized carbons (Fsp3) is 0.238. The SMILES string of the molecule is Cc1ccc(NC(=O)O[C@H](c2cc(Br)cc(Br)c2O)C(C)(C)/C=C/C(=O)NO)cc1. The van der Waals surface area contributed by atoms with Gasteiger partial charge in [-0.1, -0.05) is 53.5 Å². The molecular weight excluding hydrogens is 520 g/mol. The van der Waals surface area contributed by atoms with Crippen LogP contribution in [0.5, 0.6) is 5.75 Å². The number of anilines is 1. The van der Waals surface area contributed by atoms with Crippen molar-refractivity contribution < 1.29 is 24.6 Å². The molecule has 9 heteroatoms. The van der Waals surface area contributed by atoms with Crippen LogP contribution in [0.25, 0.3) is 0 Å². The standard InChI is InChI=1S/C21H22Br2N2O5/c1-12-4-6-14(7-5-12)24-20(28)30-19(21(2,3)9-8-17(26)25-29)15-10-13(22)11-16(23)18(15)27/h4-11,19,27,29H,1-3H3,(H,24,28)(H,25,26)/b9-8+/t19-/m1/s1. The van der Waals surface area contributed by atoms with Gasteiger partial charge in [0.1, 0.15) is 11.9 Å². The van der Waals surface area contributed by atoms with Crippen molar-refractivity contribution in [2.24, 2.45) is 5.41 Å². The van der Waals surface area contributed by atoms with E-state index in [1.165, 1.54) is 11.6 Å². The van der Waals surface area contributed by atoms with Crippen LogP contribution in [-0.2, 0) is 9.53 Å². The molecule has 0 heterocycles. The van der Waals surface area contributed by atoms with E-state index in [9.17, 15) is 14.7 Å². The van der Waals surface area contributed by atoms with E-state index < -0.39 is 23.5 Å². The third kappa shape index (κ3) is 6.32. The molecule has 160 valence electrons. The molecule has 0 unspecified atom stereocenters. The highest BCUT2D eigenvalue weighted by Crippen LogP contribution is 2.45. The van der Waals surface area contributed by atoms with E-state index in [2.05, 4.69) is 37.2 Å². The summed E-state index contributed by atoms with van der Waals surface area (Å²) in [4.78, 5) is 24.1. The lowest BCUT2D eigenvalue weighted by atomic mass is 9.81. The minimum absolute atomic E-state index is 0.0978. The van der Waals surface area contributed by atoms with E-state index in [4.69, 9.17) is 9.94 Å². The molecule has 1 atom stereocenters. The number of ether oxygens (including phenoxy) is 1. The van der Waals surface area contributed by atoms with Gasteiger partial charge in [-0.2, -0.15) is 0 Å². The average Bonchev–Trinajstić information content (AvgIpc) is 2.69. The lowest BCUT2D eigenvalue weighted by Crippen LogP contribution is -2.28. The second-order valence-electron chi connectivity index (χ2n) is 7.23. The van der Waals surface area contributed by atoms with Crippen molar-refractivity contribution in [3.05, 3.63) is 68.6 Å². The number of benzene rings is 2. The van der Waals surface area contributed by atoms with Gasteiger partial charge in [-0.05, 0) is 47.1 Å². The fourth-order valence-electron chi connectivity index (χ4n) is 2.71. The smallest absolute Gasteiger partial charge is 0.412 e. The van der Waals surface area contributed by atoms with Crippen molar-refractivity contribution in [2.75, 3.05) is 5.32 Å². The predicted molar refractivity (Wildman–Crippen MR) is 120 cm³/mol. The third-order valence-corrected chi connectivity index (χ3v) is 5.38. The zero-order valence-corrected chi connectivity index (χ0v) is 19.7. The van der Waals surface area contributed by atoms with Gasteiger partial charge in [0.05, 0.1) is 4.47 Å². The third-order valence-electron chi connectivity index (χ3n) is 4.31. The van der Waals surface area contributed by atoms with Gasteiger partial charge in [-0.3, -0.25) is 15.3 Å². The van der Waals surface area contributed by atoms with Gasteiger partial charge < -0.3 is 9.84 Å². The Morgan fingerprint density at radius 1 is 1.17 bits per heavy atom. The molecule has 0 saturated heterocycles. The number of carbonyl (C=O) groups is 2. The second kappa shape index (κ2) is 10.1. The zero-order valence-electron chi connectivity index (χ0n) is 16.6. The quantitative estimate of drug-likeness (QED) is 0.216. The Bertz CT molecular complexity index is 959. The molecule has 0 aliphatic heterocycles. The van der Waals surface area contributed by atoms with Crippen molar-refractivity contribution in [1.82, 2.24) is 5.48 Å². The highest BCUT2D eigenvalue weighted by molar-refractivity contribution is 9.11. The first kappa shape index (κ1) is 23.9. The molecule has 2 aromatic rings. The molecule has 2 aromatic carbocycles. The Balaban J connectivity index is 2.40. The van der Waals surface area contributed by atoms with Crippen LogP contribution in [0.4, 0.5) is 10.5 Å². The number of hydrogen-bond donors (Lipinski definition) is 4. The number of nitrogens with one attached hydrogen (secondary N) is 2. The Hall–Kier alpha value is -2.36. The van der Waals surface area contributed by atoms with Crippen molar-refractivity contribution in [1.29, 1.82) is 0 Å². The number of halogens is 2. The number of hydroxylamine groups is 1. The summed E-state index contributed by atoms with van der Waals surface area (Å²) >= 11 is 6.65. The van der Waals surface area contributed by atoms with Crippen LogP contribution < -0.4 is 10.8 Å². The molecule has 2 rings (SSSR count). The molecule has 7 nitrogen and oxygen atoms in total. The van der Waals surface area contributed by atoms with E-state index >= 15 is 0 Å². The number of aromatic hydroxyl groups is 1. The summed E-state index contributed by atoms with van der Waals surface area (Å²) in [5, 5.41) is 22.0. The first-order chi connectivity index (χ1) is 14.0. The number of phenols is 1. The van der Waals surface area contributed by atoms with E-state index in [0.29, 0.717) is 20.2 Å². The predicted octanol–water partition coefficient (Wildman–Crippen LogP) is 5.60. The topological polar surface area (TPSA) is 108 Å². The molecule has 0 spiro atoms. The van der Waals surface area contributed by atoms with Crippen LogP contribution in [0, 0.1) is 12.3 Å². The van der Waals surface area contributed by atoms with Crippen molar-refractivity contribution in [3.63, 3.8) is 0 Å². The summed E-state index contributed by atoms with van der Waals surface area (Å²) in [5.74, 6) is -0.829. The van der Waals surface area contributed by atoms with Crippen molar-refractivity contribution >= 4 is 49.5 Å². The minimum Gasteiger partial charge on any atom is -0.506 e. The number of hydrogen-bond acceptors (Lipinski definition) is 5. The van der Waals surface area contributed by atoms with Gasteiger partial charge in [-0.25, -0.2) is 10.3 Å². The van der Waals surface area contributed by atoms with Gasteiger partial charge in [0.25, 0.3) is 5.91 Å². The van der Waals surface area contributed by atoms with Gasteiger partial charge in [-0.15, -0.1) is 0 Å². The zero-order chi connectivity index (χ0) is 22.5. The second-order valence-corrected chi connectivity index (χ2v) is 9.00. The normalized spacial score (nSPS) is 12.5. The maximum Gasteiger partial charge on any atom is 0.412 e. The van der Waals surface area contributed by atoms with Crippen LogP contribution >= 0.6 is 31.9 Å². The van der Waals surface area contributed by atoms with Crippen LogP contribution in [0.3, 0.4) is 0 Å². The molecular formula is C21H22Br2N2O5. The van der Waals surface area contributed by atoms with Gasteiger partial charge in [0.2, 0.25) is 0 Å². The molecule has 0 fully saturated rings. The molecule has 0 aliphatic rings. The highest BCUT2D eigenvalue weighted by Gasteiger charge is 2.35. The average molecular weight is 542 g/mol. The Labute approximate surface area is 191 Å². The first-order valence-corrected chi connectivity index (χ1v) is 10.5. The molecule has 0 radical (unpaired) electrons. The number of aryl methyl sites for hydroxylation is 1. The van der Waals surface area contributed by atoms with Gasteiger partial charge >= 0.3 is 6.09 Å². The lowest BCUT2D eigenvalue weighted by molar-refractivity contribution is -0.124. The fourth-order valence-corrected chi connectivity index (χ4v) is 3.97. The number of carbonyl (C=O) groups excluding carboxylic acids is 2. The summed E-state index contributed by atoms with van der Waals surface area (Å²) in [6, 6.07) is 10.5. The molecule has 4 N–H and O–H groups in total. The minimum atomic E-state index is -0.973. The number of phenolic OH excluding ortho intramolecular Hbond substituents is 1. The first-order valence-electron chi connectivity index (χ1n) is 8.89. The summed E-state index contributed by atoms with van der Waals surface area (Å²) in [7, 11) is 0. The molecule has 0 aliphatic carbocycles. The Kier molecular flexibility index (Phi) is 8.05. The van der Waals surface area contributed by atoms with Crippen LogP contribution in [0.2, 0.25) is 0 Å². The van der Waals surface area contributed by atoms with Crippen LogP contribution in [0.15, 0.2) is 57.5 Å². The van der Waals surface area contributed by atoms with Crippen molar-refractivity contribution in [3.8, 4) is 5.75 Å². The summed E-state index contributed by atoms with van der Waals surface area (Å²) < 4.78 is 6.76. The van der Waals surface area contributed by atoms with Gasteiger partial charge in [0, 0.05) is 27.2 Å². The van der Waals surface area contributed by atoms with E-state index in [-0.39, 0.29) is 5.75 Å². The van der Waals surface area contributed by atoms with Crippen molar-refractivity contribution in [2.45, 2.75) is 26.9 Å². The Morgan fingerprint density at radius 3 is 2.40 bits per heavy atom. The lowest BCUT2D eigenvalue weighted by Gasteiger charge is -2.32. The summed E-state index contributed by atoms with van der Waals surface area (Å²) in [6.45, 7) is 5.39. The number of amides is 2. The summed E-state index contributed by atoms with van der Waals surface area (Å²) in [6.07, 6.45) is 0.904. The van der Waals surface area contributed by atoms with Crippen LogP contribution in [0.1, 0.15) is 31.1 Å². The highest BCUT2D eigenvalue weighted by atomic mass is 79.9. The molecule has 0 bridgehead atoms. The summed E-state index contributed by atoms with van der Waals surface area (Å²) in [5.41, 5.74) is 2.50. The maximum absolute atomic E-state index is 12.6. The van der Waals surface area contributed by atoms with E-state index in [1.807, 2.05) is 19.1 Å². The maximum atomic E-state index is 12.6. The molecule has 0 saturated carbocycles. The largest absolute Gasteiger partial charge is 0.506 e. The molecule has 2 amide bonds. The number of rotatable bonds is 6. The van der Waals surface area contributed by atoms with Gasteiger partial charge in [0.15, 0.2) is 0 Å². The van der Waals surface area contributed by atoms with Crippen LogP contribution in [-0.4, -0.2) is 22.3 Å². The Morgan fingerprint density at radius 2 is 1.80 bits per heavy atom. The monoisotopic (exact) mass is 540 g/mol. The van der Waals surface area contributed by atoms with E-state index in [0.717, 1.165) is 11.6 Å². The van der Waals surface area contributed by atoms with E-state index in [1.54, 1.807) is 38.1 Å². The molecule has 0 aromatic heterocycles. The molecule has 30 heavy (non-hydrogen) atoms.